The lowest BCUT2D eigenvalue weighted by Gasteiger charge is -2.29. The van der Waals surface area contributed by atoms with Crippen molar-refractivity contribution in [3.8, 4) is 0 Å². The van der Waals surface area contributed by atoms with Crippen LogP contribution in [0.4, 0.5) is 5.69 Å². The van der Waals surface area contributed by atoms with Crippen molar-refractivity contribution in [3.63, 3.8) is 0 Å². The van der Waals surface area contributed by atoms with Crippen LogP contribution in [-0.4, -0.2) is 17.0 Å². The third-order valence-electron chi connectivity index (χ3n) is 5.53. The van der Waals surface area contributed by atoms with Crippen molar-refractivity contribution in [3.05, 3.63) is 75.4 Å². The van der Waals surface area contributed by atoms with Crippen molar-refractivity contribution in [2.45, 2.75) is 26.3 Å². The Kier molecular flexibility index (Phi) is 4.05. The van der Waals surface area contributed by atoms with Crippen molar-refractivity contribution in [2.24, 2.45) is 0 Å². The summed E-state index contributed by atoms with van der Waals surface area (Å²) < 4.78 is 2.69. The molecule has 0 saturated heterocycles. The molecule has 2 aromatic carbocycles. The molecule has 140 valence electrons. The number of pyridine rings is 1. The first-order valence-corrected chi connectivity index (χ1v) is 10.5. The summed E-state index contributed by atoms with van der Waals surface area (Å²) in [6.07, 6.45) is 1.96. The first kappa shape index (κ1) is 17.2. The van der Waals surface area contributed by atoms with Crippen LogP contribution in [0.25, 0.3) is 21.0 Å². The molecule has 4 nitrogen and oxygen atoms in total. The number of carbonyl (C=O) groups excluding carboxylic acids is 1. The summed E-state index contributed by atoms with van der Waals surface area (Å²) in [5.74, 6) is -0.0140. The standard InChI is InChI=1S/C23H20N2O2S/c1-2-24-19-12-6-4-10-16(19)21-17(22(24)26)14-20(28-21)23(27)25-13-7-9-15-8-3-5-11-18(15)25/h3-6,8,10-12,14H,2,7,9,13H2,1H3. The van der Waals surface area contributed by atoms with Crippen LogP contribution in [0.5, 0.6) is 0 Å². The summed E-state index contributed by atoms with van der Waals surface area (Å²) >= 11 is 1.43. The minimum Gasteiger partial charge on any atom is -0.308 e. The van der Waals surface area contributed by atoms with E-state index in [1.165, 1.54) is 16.9 Å². The maximum atomic E-state index is 13.4. The summed E-state index contributed by atoms with van der Waals surface area (Å²) in [5, 5.41) is 1.67. The molecule has 0 bridgehead atoms. The normalized spacial score (nSPS) is 13.8. The van der Waals surface area contributed by atoms with E-state index in [9.17, 15) is 9.59 Å². The highest BCUT2D eigenvalue weighted by Gasteiger charge is 2.25. The smallest absolute Gasteiger partial charge is 0.268 e. The number of para-hydroxylation sites is 2. The van der Waals surface area contributed by atoms with E-state index in [4.69, 9.17) is 0 Å². The molecule has 5 heteroatoms. The van der Waals surface area contributed by atoms with Gasteiger partial charge in [0.15, 0.2) is 0 Å². The van der Waals surface area contributed by atoms with Crippen LogP contribution in [0.3, 0.4) is 0 Å². The second-order valence-electron chi connectivity index (χ2n) is 7.11. The zero-order valence-corrected chi connectivity index (χ0v) is 16.5. The van der Waals surface area contributed by atoms with Gasteiger partial charge < -0.3 is 9.47 Å². The molecule has 0 N–H and O–H groups in total. The summed E-state index contributed by atoms with van der Waals surface area (Å²) in [4.78, 5) is 28.9. The number of anilines is 1. The Hall–Kier alpha value is -2.92. The SMILES string of the molecule is CCn1c(=O)c2cc(C(=O)N3CCCc4ccccc43)sc2c2ccccc21. The number of aromatic nitrogens is 1. The maximum absolute atomic E-state index is 13.4. The second kappa shape index (κ2) is 6.60. The van der Waals surface area contributed by atoms with Crippen LogP contribution in [0.15, 0.2) is 59.4 Å². The minimum atomic E-state index is -0.0226. The monoisotopic (exact) mass is 388 g/mol. The molecule has 0 atom stereocenters. The minimum absolute atomic E-state index is 0.0140. The fraction of sp³-hybridized carbons (Fsp3) is 0.217. The average molecular weight is 388 g/mol. The van der Waals surface area contributed by atoms with Crippen LogP contribution >= 0.6 is 11.3 Å². The summed E-state index contributed by atoms with van der Waals surface area (Å²) in [7, 11) is 0. The molecule has 3 heterocycles. The Morgan fingerprint density at radius 2 is 1.86 bits per heavy atom. The van der Waals surface area contributed by atoms with Gasteiger partial charge in [0, 0.05) is 28.9 Å². The second-order valence-corrected chi connectivity index (χ2v) is 8.16. The van der Waals surface area contributed by atoms with E-state index in [0.29, 0.717) is 23.4 Å². The third-order valence-corrected chi connectivity index (χ3v) is 6.69. The lowest BCUT2D eigenvalue weighted by atomic mass is 10.0. The van der Waals surface area contributed by atoms with Gasteiger partial charge >= 0.3 is 0 Å². The molecular formula is C23H20N2O2S. The Balaban J connectivity index is 1.69. The van der Waals surface area contributed by atoms with Crippen LogP contribution in [-0.2, 0) is 13.0 Å². The first-order chi connectivity index (χ1) is 13.7. The number of nitrogens with zero attached hydrogens (tertiary/aromatic N) is 2. The molecule has 1 aliphatic heterocycles. The van der Waals surface area contributed by atoms with Crippen LogP contribution < -0.4 is 10.5 Å². The van der Waals surface area contributed by atoms with Gasteiger partial charge in [-0.25, -0.2) is 0 Å². The van der Waals surface area contributed by atoms with Crippen LogP contribution in [0.1, 0.15) is 28.6 Å². The number of amides is 1. The van der Waals surface area contributed by atoms with Crippen molar-refractivity contribution < 1.29 is 4.79 Å². The molecule has 0 radical (unpaired) electrons. The zero-order chi connectivity index (χ0) is 19.3. The van der Waals surface area contributed by atoms with Gasteiger partial charge in [-0.05, 0) is 43.5 Å². The fourth-order valence-electron chi connectivity index (χ4n) is 4.20. The Labute approximate surface area is 166 Å². The van der Waals surface area contributed by atoms with Crippen molar-refractivity contribution in [1.82, 2.24) is 4.57 Å². The molecule has 0 spiro atoms. The van der Waals surface area contributed by atoms with E-state index >= 15 is 0 Å². The molecule has 28 heavy (non-hydrogen) atoms. The maximum Gasteiger partial charge on any atom is 0.268 e. The number of fused-ring (bicyclic) bond motifs is 4. The first-order valence-electron chi connectivity index (χ1n) is 9.64. The molecule has 2 aromatic heterocycles. The van der Waals surface area contributed by atoms with E-state index in [1.54, 1.807) is 10.6 Å². The fourth-order valence-corrected chi connectivity index (χ4v) is 5.34. The third kappa shape index (κ3) is 2.50. The van der Waals surface area contributed by atoms with Gasteiger partial charge in [-0.3, -0.25) is 9.59 Å². The quantitative estimate of drug-likeness (QED) is 0.494. The highest BCUT2D eigenvalue weighted by atomic mass is 32.1. The molecule has 0 aliphatic carbocycles. The van der Waals surface area contributed by atoms with Gasteiger partial charge in [0.05, 0.1) is 15.8 Å². The molecule has 0 saturated carbocycles. The summed E-state index contributed by atoms with van der Waals surface area (Å²) in [6, 6.07) is 17.8. The number of benzene rings is 2. The predicted molar refractivity (Wildman–Crippen MR) is 116 cm³/mol. The van der Waals surface area contributed by atoms with Crippen molar-refractivity contribution >= 4 is 43.9 Å². The average Bonchev–Trinajstić information content (AvgIpc) is 3.19. The molecule has 5 rings (SSSR count). The summed E-state index contributed by atoms with van der Waals surface area (Å²) in [5.41, 5.74) is 3.10. The Bertz CT molecular complexity index is 1280. The largest absolute Gasteiger partial charge is 0.308 e. The van der Waals surface area contributed by atoms with Gasteiger partial charge in [0.25, 0.3) is 11.5 Å². The topological polar surface area (TPSA) is 42.3 Å². The van der Waals surface area contributed by atoms with Crippen molar-refractivity contribution in [2.75, 3.05) is 11.4 Å². The van der Waals surface area contributed by atoms with Gasteiger partial charge in [-0.1, -0.05) is 36.4 Å². The van der Waals surface area contributed by atoms with Crippen LogP contribution in [0, 0.1) is 0 Å². The highest BCUT2D eigenvalue weighted by molar-refractivity contribution is 7.21. The molecule has 1 aliphatic rings. The van der Waals surface area contributed by atoms with Gasteiger partial charge in [-0.15, -0.1) is 11.3 Å². The van der Waals surface area contributed by atoms with Gasteiger partial charge in [0.2, 0.25) is 0 Å². The van der Waals surface area contributed by atoms with E-state index in [0.717, 1.165) is 34.1 Å². The van der Waals surface area contributed by atoms with E-state index in [2.05, 4.69) is 6.07 Å². The molecule has 4 aromatic rings. The number of hydrogen-bond donors (Lipinski definition) is 0. The number of aryl methyl sites for hydroxylation is 2. The predicted octanol–water partition coefficient (Wildman–Crippen LogP) is 4.83. The molecule has 0 unspecified atom stereocenters. The van der Waals surface area contributed by atoms with E-state index in [1.807, 2.05) is 54.3 Å². The Morgan fingerprint density at radius 1 is 1.07 bits per heavy atom. The highest BCUT2D eigenvalue weighted by Crippen LogP contribution is 2.34. The number of carbonyl (C=O) groups is 1. The van der Waals surface area contributed by atoms with Crippen molar-refractivity contribution in [1.29, 1.82) is 0 Å². The number of thiophene rings is 1. The lowest BCUT2D eigenvalue weighted by molar-refractivity contribution is 0.0989. The molecule has 0 fully saturated rings. The zero-order valence-electron chi connectivity index (χ0n) is 15.6. The van der Waals surface area contributed by atoms with E-state index in [-0.39, 0.29) is 11.5 Å². The van der Waals surface area contributed by atoms with Gasteiger partial charge in [0.1, 0.15) is 0 Å². The van der Waals surface area contributed by atoms with Gasteiger partial charge in [-0.2, -0.15) is 0 Å². The number of rotatable bonds is 2. The molecular weight excluding hydrogens is 368 g/mol. The summed E-state index contributed by atoms with van der Waals surface area (Å²) in [6.45, 7) is 3.29. The lowest BCUT2D eigenvalue weighted by Crippen LogP contribution is -2.34. The Morgan fingerprint density at radius 3 is 2.71 bits per heavy atom. The number of hydrogen-bond acceptors (Lipinski definition) is 3. The molecule has 1 amide bonds. The van der Waals surface area contributed by atoms with E-state index < -0.39 is 0 Å². The van der Waals surface area contributed by atoms with Crippen LogP contribution in [0.2, 0.25) is 0 Å².